The molecule has 1 atom stereocenters. The first kappa shape index (κ1) is 22.9. The summed E-state index contributed by atoms with van der Waals surface area (Å²) in [6.45, 7) is 3.93. The summed E-state index contributed by atoms with van der Waals surface area (Å²) in [6, 6.07) is 3.77. The third-order valence-corrected chi connectivity index (χ3v) is 8.63. The molecule has 0 bridgehead atoms. The highest BCUT2D eigenvalue weighted by Crippen LogP contribution is 2.39. The molecule has 2 aromatic rings. The van der Waals surface area contributed by atoms with E-state index in [1.54, 1.807) is 11.3 Å². The van der Waals surface area contributed by atoms with Gasteiger partial charge in [0.15, 0.2) is 0 Å². The molecular formula is C23H30N4O3S2. The van der Waals surface area contributed by atoms with Crippen molar-refractivity contribution in [2.24, 2.45) is 11.7 Å². The lowest BCUT2D eigenvalue weighted by Gasteiger charge is -2.34. The molecule has 0 spiro atoms. The summed E-state index contributed by atoms with van der Waals surface area (Å²) >= 11 is 3.18. The number of aryl methyl sites for hydroxylation is 1. The quantitative estimate of drug-likeness (QED) is 0.547. The number of carbonyl (C=O) groups is 3. The number of anilines is 1. The Balaban J connectivity index is 1.26. The highest BCUT2D eigenvalue weighted by atomic mass is 32.1. The van der Waals surface area contributed by atoms with Crippen molar-refractivity contribution in [1.82, 2.24) is 10.2 Å². The van der Waals surface area contributed by atoms with Gasteiger partial charge in [-0.05, 0) is 75.5 Å². The van der Waals surface area contributed by atoms with Crippen molar-refractivity contribution >= 4 is 45.4 Å². The SMILES string of the molecule is CC(C(=O)Nc1sc2c(c1C(N)=O)CCC2)N1CCC(C(=O)NCCc2cccs2)CC1. The zero-order chi connectivity index (χ0) is 22.7. The molecule has 4 N–H and O–H groups in total. The first-order valence-electron chi connectivity index (χ1n) is 11.2. The number of piperidine rings is 1. The molecule has 1 fully saturated rings. The lowest BCUT2D eigenvalue weighted by Crippen LogP contribution is -2.48. The highest BCUT2D eigenvalue weighted by molar-refractivity contribution is 7.17. The molecule has 2 aliphatic rings. The number of likely N-dealkylation sites (tertiary alicyclic amines) is 1. The van der Waals surface area contributed by atoms with Gasteiger partial charge in [0.1, 0.15) is 5.00 Å². The van der Waals surface area contributed by atoms with Gasteiger partial charge in [-0.3, -0.25) is 19.3 Å². The maximum absolute atomic E-state index is 12.9. The molecule has 3 amide bonds. The van der Waals surface area contributed by atoms with E-state index in [1.807, 2.05) is 18.4 Å². The normalized spacial score (nSPS) is 17.7. The first-order valence-corrected chi connectivity index (χ1v) is 12.9. The van der Waals surface area contributed by atoms with E-state index in [4.69, 9.17) is 5.73 Å². The number of primary amides is 1. The van der Waals surface area contributed by atoms with Gasteiger partial charge in [-0.15, -0.1) is 22.7 Å². The van der Waals surface area contributed by atoms with Crippen LogP contribution in [0.5, 0.6) is 0 Å². The second-order valence-corrected chi connectivity index (χ2v) is 10.7. The summed E-state index contributed by atoms with van der Waals surface area (Å²) in [6.07, 6.45) is 5.15. The second-order valence-electron chi connectivity index (χ2n) is 8.52. The summed E-state index contributed by atoms with van der Waals surface area (Å²) in [5.74, 6) is -0.506. The Morgan fingerprint density at radius 1 is 1.25 bits per heavy atom. The molecular weight excluding hydrogens is 444 g/mol. The third-order valence-electron chi connectivity index (χ3n) is 6.48. The van der Waals surface area contributed by atoms with E-state index in [2.05, 4.69) is 21.6 Å². The second kappa shape index (κ2) is 10.1. The molecule has 9 heteroatoms. The maximum atomic E-state index is 12.9. The monoisotopic (exact) mass is 474 g/mol. The minimum atomic E-state index is -0.474. The maximum Gasteiger partial charge on any atom is 0.251 e. The van der Waals surface area contributed by atoms with Gasteiger partial charge in [-0.2, -0.15) is 0 Å². The predicted octanol–water partition coefficient (Wildman–Crippen LogP) is 2.80. The molecule has 32 heavy (non-hydrogen) atoms. The number of carbonyl (C=O) groups excluding carboxylic acids is 3. The number of hydrogen-bond acceptors (Lipinski definition) is 6. The molecule has 1 aliphatic heterocycles. The molecule has 1 unspecified atom stereocenters. The van der Waals surface area contributed by atoms with Crippen LogP contribution < -0.4 is 16.4 Å². The summed E-state index contributed by atoms with van der Waals surface area (Å²) in [5, 5.41) is 8.63. The number of nitrogens with two attached hydrogens (primary N) is 1. The van der Waals surface area contributed by atoms with Crippen molar-refractivity contribution in [3.05, 3.63) is 38.4 Å². The van der Waals surface area contributed by atoms with Crippen LogP contribution in [0.2, 0.25) is 0 Å². The summed E-state index contributed by atoms with van der Waals surface area (Å²) < 4.78 is 0. The Hall–Kier alpha value is -2.23. The number of fused-ring (bicyclic) bond motifs is 1. The van der Waals surface area contributed by atoms with Crippen molar-refractivity contribution < 1.29 is 14.4 Å². The van der Waals surface area contributed by atoms with E-state index in [0.29, 0.717) is 30.2 Å². The van der Waals surface area contributed by atoms with Crippen molar-refractivity contribution in [2.45, 2.75) is 51.5 Å². The number of rotatable bonds is 8. The van der Waals surface area contributed by atoms with Crippen LogP contribution in [0, 0.1) is 5.92 Å². The van der Waals surface area contributed by atoms with Gasteiger partial charge < -0.3 is 16.4 Å². The van der Waals surface area contributed by atoms with E-state index >= 15 is 0 Å². The van der Waals surface area contributed by atoms with E-state index in [0.717, 1.165) is 49.0 Å². The van der Waals surface area contributed by atoms with Crippen LogP contribution in [0.1, 0.15) is 51.9 Å². The van der Waals surface area contributed by atoms with Gasteiger partial charge in [0.25, 0.3) is 5.91 Å². The van der Waals surface area contributed by atoms with Crippen LogP contribution in [-0.4, -0.2) is 48.3 Å². The Morgan fingerprint density at radius 3 is 2.72 bits per heavy atom. The van der Waals surface area contributed by atoms with Crippen molar-refractivity contribution in [2.75, 3.05) is 25.0 Å². The summed E-state index contributed by atoms with van der Waals surface area (Å²) in [5.41, 5.74) is 7.10. The van der Waals surface area contributed by atoms with Crippen LogP contribution in [0.3, 0.4) is 0 Å². The molecule has 0 radical (unpaired) electrons. The van der Waals surface area contributed by atoms with Crippen LogP contribution in [0.15, 0.2) is 17.5 Å². The summed E-state index contributed by atoms with van der Waals surface area (Å²) in [4.78, 5) is 41.9. The Labute approximate surface area is 196 Å². The van der Waals surface area contributed by atoms with E-state index in [9.17, 15) is 14.4 Å². The van der Waals surface area contributed by atoms with Gasteiger partial charge in [0, 0.05) is 22.2 Å². The fourth-order valence-electron chi connectivity index (χ4n) is 4.59. The average Bonchev–Trinajstić information content (AvgIpc) is 3.51. The number of amides is 3. The molecule has 4 rings (SSSR count). The minimum absolute atomic E-state index is 0.00779. The van der Waals surface area contributed by atoms with Gasteiger partial charge in [-0.25, -0.2) is 0 Å². The fraction of sp³-hybridized carbons (Fsp3) is 0.522. The van der Waals surface area contributed by atoms with Crippen molar-refractivity contribution in [1.29, 1.82) is 0 Å². The lowest BCUT2D eigenvalue weighted by molar-refractivity contribution is -0.127. The molecule has 1 saturated heterocycles. The molecule has 172 valence electrons. The van der Waals surface area contributed by atoms with E-state index < -0.39 is 5.91 Å². The third kappa shape index (κ3) is 5.05. The van der Waals surface area contributed by atoms with Gasteiger partial charge in [-0.1, -0.05) is 6.07 Å². The Morgan fingerprint density at radius 2 is 2.03 bits per heavy atom. The zero-order valence-electron chi connectivity index (χ0n) is 18.3. The predicted molar refractivity (Wildman–Crippen MR) is 128 cm³/mol. The van der Waals surface area contributed by atoms with Gasteiger partial charge in [0.05, 0.1) is 11.6 Å². The lowest BCUT2D eigenvalue weighted by atomic mass is 9.95. The smallest absolute Gasteiger partial charge is 0.251 e. The highest BCUT2D eigenvalue weighted by Gasteiger charge is 2.31. The van der Waals surface area contributed by atoms with E-state index in [1.165, 1.54) is 16.2 Å². The molecule has 0 aromatic carbocycles. The van der Waals surface area contributed by atoms with E-state index in [-0.39, 0.29) is 23.8 Å². The standard InChI is InChI=1S/C23H30N4O3S2/c1-14(21(29)26-23-19(20(24)28)17-5-2-6-18(17)32-23)27-11-8-15(9-12-27)22(30)25-10-7-16-4-3-13-31-16/h3-4,13-15H,2,5-12H2,1H3,(H2,24,28)(H,25,30)(H,26,29). The molecule has 0 saturated carbocycles. The molecule has 3 heterocycles. The number of nitrogens with zero attached hydrogens (tertiary/aromatic N) is 1. The van der Waals surface area contributed by atoms with Crippen LogP contribution >= 0.6 is 22.7 Å². The largest absolute Gasteiger partial charge is 0.365 e. The number of thiophene rings is 2. The average molecular weight is 475 g/mol. The number of hydrogen-bond donors (Lipinski definition) is 3. The van der Waals surface area contributed by atoms with Crippen molar-refractivity contribution in [3.8, 4) is 0 Å². The summed E-state index contributed by atoms with van der Waals surface area (Å²) in [7, 11) is 0. The molecule has 7 nitrogen and oxygen atoms in total. The Kier molecular flexibility index (Phi) is 7.27. The van der Waals surface area contributed by atoms with Gasteiger partial charge in [0.2, 0.25) is 11.8 Å². The minimum Gasteiger partial charge on any atom is -0.365 e. The zero-order valence-corrected chi connectivity index (χ0v) is 19.9. The fourth-order valence-corrected chi connectivity index (χ4v) is 6.60. The topological polar surface area (TPSA) is 105 Å². The van der Waals surface area contributed by atoms with Crippen molar-refractivity contribution in [3.63, 3.8) is 0 Å². The molecule has 1 aliphatic carbocycles. The first-order chi connectivity index (χ1) is 15.4. The van der Waals surface area contributed by atoms with Crippen LogP contribution in [-0.2, 0) is 28.9 Å². The van der Waals surface area contributed by atoms with Crippen LogP contribution in [0.25, 0.3) is 0 Å². The molecule has 2 aromatic heterocycles. The number of nitrogens with one attached hydrogen (secondary N) is 2. The van der Waals surface area contributed by atoms with Gasteiger partial charge >= 0.3 is 0 Å². The van der Waals surface area contributed by atoms with Crippen LogP contribution in [0.4, 0.5) is 5.00 Å². The Bertz CT molecular complexity index is 978.